The Labute approximate surface area is 113 Å². The van der Waals surface area contributed by atoms with Gasteiger partial charge in [-0.1, -0.05) is 6.07 Å². The first-order valence-electron chi connectivity index (χ1n) is 6.54. The number of ether oxygens (including phenoxy) is 2. The van der Waals surface area contributed by atoms with Gasteiger partial charge in [0.1, 0.15) is 24.3 Å². The number of likely N-dealkylation sites (N-methyl/N-ethyl adjacent to an activating group) is 1. The Morgan fingerprint density at radius 2 is 2.37 bits per heavy atom. The highest BCUT2D eigenvalue weighted by molar-refractivity contribution is 5.30. The normalized spacial score (nSPS) is 22.2. The molecule has 1 fully saturated rings. The van der Waals surface area contributed by atoms with E-state index in [1.54, 1.807) is 19.1 Å². The lowest BCUT2D eigenvalue weighted by Crippen LogP contribution is -2.42. The topological polar surface area (TPSA) is 47.7 Å². The fraction of sp³-hybridized carbons (Fsp3) is 0.571. The molecule has 0 aromatic heterocycles. The first-order chi connectivity index (χ1) is 9.06. The maximum atomic E-state index is 13.7. The molecule has 5 heteroatoms. The molecule has 19 heavy (non-hydrogen) atoms. The summed E-state index contributed by atoms with van der Waals surface area (Å²) in [5, 5.41) is 0. The minimum Gasteiger partial charge on any atom is -0.491 e. The van der Waals surface area contributed by atoms with Gasteiger partial charge in [0.05, 0.1) is 6.61 Å². The molecule has 2 atom stereocenters. The molecule has 1 saturated heterocycles. The van der Waals surface area contributed by atoms with Crippen molar-refractivity contribution in [2.45, 2.75) is 19.1 Å². The van der Waals surface area contributed by atoms with Gasteiger partial charge in [0, 0.05) is 30.8 Å². The quantitative estimate of drug-likeness (QED) is 0.900. The second-order valence-corrected chi connectivity index (χ2v) is 5.04. The molecule has 0 bridgehead atoms. The van der Waals surface area contributed by atoms with Gasteiger partial charge >= 0.3 is 0 Å². The van der Waals surface area contributed by atoms with E-state index < -0.39 is 0 Å². The first-order valence-corrected chi connectivity index (χ1v) is 6.54. The Bertz CT molecular complexity index is 426. The van der Waals surface area contributed by atoms with Crippen molar-refractivity contribution in [3.63, 3.8) is 0 Å². The summed E-state index contributed by atoms with van der Waals surface area (Å²) < 4.78 is 24.9. The number of hydrogen-bond donors (Lipinski definition) is 1. The third kappa shape index (κ3) is 3.89. The molecule has 1 heterocycles. The zero-order chi connectivity index (χ0) is 13.8. The summed E-state index contributed by atoms with van der Waals surface area (Å²) in [6.45, 7) is 4.67. The van der Waals surface area contributed by atoms with Crippen LogP contribution < -0.4 is 10.5 Å². The minimum absolute atomic E-state index is 0.0370. The summed E-state index contributed by atoms with van der Waals surface area (Å²) in [4.78, 5) is 2.19. The van der Waals surface area contributed by atoms with Crippen LogP contribution >= 0.6 is 0 Å². The molecule has 0 aliphatic carbocycles. The van der Waals surface area contributed by atoms with Crippen LogP contribution in [0.4, 0.5) is 4.39 Å². The second kappa shape index (κ2) is 6.32. The molecule has 2 rings (SSSR count). The molecule has 1 aliphatic rings. The van der Waals surface area contributed by atoms with E-state index in [1.165, 1.54) is 6.07 Å². The highest BCUT2D eigenvalue weighted by Crippen LogP contribution is 2.21. The number of benzene rings is 1. The maximum absolute atomic E-state index is 13.7. The van der Waals surface area contributed by atoms with E-state index in [0.29, 0.717) is 24.5 Å². The van der Waals surface area contributed by atoms with E-state index in [0.717, 1.165) is 13.1 Å². The number of morpholine rings is 1. The average molecular weight is 268 g/mol. The highest BCUT2D eigenvalue weighted by Gasteiger charge is 2.18. The van der Waals surface area contributed by atoms with Gasteiger partial charge in [-0.25, -0.2) is 4.39 Å². The van der Waals surface area contributed by atoms with E-state index >= 15 is 0 Å². The van der Waals surface area contributed by atoms with Crippen LogP contribution in [0.5, 0.6) is 5.75 Å². The van der Waals surface area contributed by atoms with Gasteiger partial charge in [-0.05, 0) is 20.0 Å². The third-order valence-electron chi connectivity index (χ3n) is 3.24. The number of hydrogen-bond acceptors (Lipinski definition) is 4. The van der Waals surface area contributed by atoms with Crippen LogP contribution in [0.25, 0.3) is 0 Å². The SMILES string of the molecule is C[C@H](N)c1ccc(OCC2CN(C)CCO2)cc1F. The van der Waals surface area contributed by atoms with Crippen molar-refractivity contribution in [3.05, 3.63) is 29.6 Å². The molecule has 0 spiro atoms. The number of nitrogens with zero attached hydrogens (tertiary/aromatic N) is 1. The fourth-order valence-electron chi connectivity index (χ4n) is 2.12. The van der Waals surface area contributed by atoms with Gasteiger partial charge in [-0.2, -0.15) is 0 Å². The Kier molecular flexibility index (Phi) is 4.74. The first kappa shape index (κ1) is 14.2. The van der Waals surface area contributed by atoms with Gasteiger partial charge < -0.3 is 20.1 Å². The molecular formula is C14H21FN2O2. The van der Waals surface area contributed by atoms with E-state index in [1.807, 2.05) is 7.05 Å². The van der Waals surface area contributed by atoms with Crippen LogP contribution in [0.1, 0.15) is 18.5 Å². The zero-order valence-corrected chi connectivity index (χ0v) is 11.4. The predicted octanol–water partition coefficient (Wildman–Crippen LogP) is 1.55. The van der Waals surface area contributed by atoms with Crippen LogP contribution in [0.3, 0.4) is 0 Å². The van der Waals surface area contributed by atoms with Crippen molar-refractivity contribution in [1.82, 2.24) is 4.90 Å². The van der Waals surface area contributed by atoms with Gasteiger partial charge in [0.15, 0.2) is 0 Å². The summed E-state index contributed by atoms with van der Waals surface area (Å²) in [7, 11) is 2.05. The molecule has 0 radical (unpaired) electrons. The largest absolute Gasteiger partial charge is 0.491 e. The smallest absolute Gasteiger partial charge is 0.131 e. The van der Waals surface area contributed by atoms with Crippen LogP contribution in [0.2, 0.25) is 0 Å². The van der Waals surface area contributed by atoms with Crippen molar-refractivity contribution < 1.29 is 13.9 Å². The summed E-state index contributed by atoms with van der Waals surface area (Å²) in [6, 6.07) is 4.48. The van der Waals surface area contributed by atoms with Crippen LogP contribution in [-0.2, 0) is 4.74 Å². The Morgan fingerprint density at radius 1 is 1.58 bits per heavy atom. The lowest BCUT2D eigenvalue weighted by atomic mass is 10.1. The molecule has 0 saturated carbocycles. The molecule has 106 valence electrons. The zero-order valence-electron chi connectivity index (χ0n) is 11.4. The molecule has 1 aromatic carbocycles. The standard InChI is InChI=1S/C14H21FN2O2/c1-10(16)13-4-3-11(7-14(13)15)19-9-12-8-17(2)5-6-18-12/h3-4,7,10,12H,5-6,8-9,16H2,1-2H3/t10-,12?/m0/s1. The number of rotatable bonds is 4. The molecule has 1 unspecified atom stereocenters. The number of halogens is 1. The van der Waals surface area contributed by atoms with Crippen molar-refractivity contribution in [3.8, 4) is 5.75 Å². The monoisotopic (exact) mass is 268 g/mol. The van der Waals surface area contributed by atoms with Crippen LogP contribution in [0, 0.1) is 5.82 Å². The summed E-state index contributed by atoms with van der Waals surface area (Å²) in [5.74, 6) is 0.188. The Morgan fingerprint density at radius 3 is 3.00 bits per heavy atom. The van der Waals surface area contributed by atoms with E-state index in [9.17, 15) is 4.39 Å². The van der Waals surface area contributed by atoms with Crippen molar-refractivity contribution in [1.29, 1.82) is 0 Å². The van der Waals surface area contributed by atoms with E-state index in [2.05, 4.69) is 4.90 Å². The van der Waals surface area contributed by atoms with Crippen LogP contribution in [0.15, 0.2) is 18.2 Å². The van der Waals surface area contributed by atoms with Crippen LogP contribution in [-0.4, -0.2) is 44.4 Å². The van der Waals surface area contributed by atoms with Gasteiger partial charge in [0.25, 0.3) is 0 Å². The van der Waals surface area contributed by atoms with E-state index in [-0.39, 0.29) is 18.0 Å². The minimum atomic E-state index is -0.325. The van der Waals surface area contributed by atoms with Crippen molar-refractivity contribution >= 4 is 0 Å². The third-order valence-corrected chi connectivity index (χ3v) is 3.24. The van der Waals surface area contributed by atoms with Crippen molar-refractivity contribution in [2.24, 2.45) is 5.73 Å². The lowest BCUT2D eigenvalue weighted by molar-refractivity contribution is -0.0403. The van der Waals surface area contributed by atoms with Gasteiger partial charge in [-0.15, -0.1) is 0 Å². The Balaban J connectivity index is 1.91. The molecule has 1 aromatic rings. The Hall–Kier alpha value is -1.17. The van der Waals surface area contributed by atoms with E-state index in [4.69, 9.17) is 15.2 Å². The number of nitrogens with two attached hydrogens (primary N) is 1. The molecule has 4 nitrogen and oxygen atoms in total. The fourth-order valence-corrected chi connectivity index (χ4v) is 2.12. The van der Waals surface area contributed by atoms with Gasteiger partial charge in [0.2, 0.25) is 0 Å². The van der Waals surface area contributed by atoms with Crippen molar-refractivity contribution in [2.75, 3.05) is 33.4 Å². The average Bonchev–Trinajstić information content (AvgIpc) is 2.36. The summed E-state index contributed by atoms with van der Waals surface area (Å²) in [6.07, 6.45) is 0.0370. The molecule has 1 aliphatic heterocycles. The molecular weight excluding hydrogens is 247 g/mol. The summed E-state index contributed by atoms with van der Waals surface area (Å²) >= 11 is 0. The lowest BCUT2D eigenvalue weighted by Gasteiger charge is -2.29. The second-order valence-electron chi connectivity index (χ2n) is 5.04. The molecule has 2 N–H and O–H groups in total. The summed E-state index contributed by atoms with van der Waals surface area (Å²) in [5.41, 5.74) is 6.17. The van der Waals surface area contributed by atoms with Gasteiger partial charge in [-0.3, -0.25) is 0 Å². The molecule has 0 amide bonds. The maximum Gasteiger partial charge on any atom is 0.131 e. The highest BCUT2D eigenvalue weighted by atomic mass is 19.1. The predicted molar refractivity (Wildman–Crippen MR) is 71.7 cm³/mol.